The molecule has 0 amide bonds. The Bertz CT molecular complexity index is 469. The molecule has 0 atom stereocenters. The second-order valence-electron chi connectivity index (χ2n) is 3.64. The number of ether oxygens (including phenoxy) is 1. The minimum Gasteiger partial charge on any atom is -0.496 e. The zero-order chi connectivity index (χ0) is 10.8. The van der Waals surface area contributed by atoms with Crippen LogP contribution in [0.15, 0.2) is 34.9 Å². The van der Waals surface area contributed by atoms with Crippen molar-refractivity contribution in [3.05, 3.63) is 41.7 Å². The third-order valence-electron chi connectivity index (χ3n) is 2.46. The summed E-state index contributed by atoms with van der Waals surface area (Å²) in [7, 11) is 1.68. The lowest BCUT2D eigenvalue weighted by atomic mass is 10.1. The highest BCUT2D eigenvalue weighted by molar-refractivity contribution is 5.69. The van der Waals surface area contributed by atoms with Gasteiger partial charge >= 0.3 is 0 Å². The Kier molecular flexibility index (Phi) is 2.50. The van der Waals surface area contributed by atoms with Gasteiger partial charge in [-0.05, 0) is 43.2 Å². The van der Waals surface area contributed by atoms with Gasteiger partial charge in [0.1, 0.15) is 11.5 Å². The summed E-state index contributed by atoms with van der Waals surface area (Å²) in [5.74, 6) is 1.74. The summed E-state index contributed by atoms with van der Waals surface area (Å²) >= 11 is 0. The molecule has 2 heteroatoms. The Morgan fingerprint density at radius 1 is 1.13 bits per heavy atom. The van der Waals surface area contributed by atoms with Gasteiger partial charge in [-0.15, -0.1) is 0 Å². The first-order valence-corrected chi connectivity index (χ1v) is 4.91. The first-order chi connectivity index (χ1) is 7.22. The second-order valence-corrected chi connectivity index (χ2v) is 3.64. The van der Waals surface area contributed by atoms with Gasteiger partial charge < -0.3 is 9.15 Å². The highest BCUT2D eigenvalue weighted by Crippen LogP contribution is 2.33. The molecule has 0 aliphatic rings. The lowest BCUT2D eigenvalue weighted by Crippen LogP contribution is -1.88. The van der Waals surface area contributed by atoms with Crippen molar-refractivity contribution < 1.29 is 9.15 Å². The van der Waals surface area contributed by atoms with Crippen molar-refractivity contribution in [1.29, 1.82) is 0 Å². The van der Waals surface area contributed by atoms with Crippen LogP contribution < -0.4 is 4.74 Å². The van der Waals surface area contributed by atoms with E-state index in [1.54, 1.807) is 13.4 Å². The Hall–Kier alpha value is -1.70. The fourth-order valence-electron chi connectivity index (χ4n) is 1.63. The van der Waals surface area contributed by atoms with E-state index >= 15 is 0 Å². The summed E-state index contributed by atoms with van der Waals surface area (Å²) in [6.07, 6.45) is 1.70. The van der Waals surface area contributed by atoms with Crippen molar-refractivity contribution in [2.45, 2.75) is 13.8 Å². The number of hydrogen-bond acceptors (Lipinski definition) is 2. The molecule has 78 valence electrons. The molecule has 0 saturated carbocycles. The van der Waals surface area contributed by atoms with E-state index in [1.807, 2.05) is 32.0 Å². The van der Waals surface area contributed by atoms with Gasteiger partial charge in [-0.3, -0.25) is 0 Å². The van der Waals surface area contributed by atoms with Crippen LogP contribution in [-0.4, -0.2) is 7.11 Å². The molecular weight excluding hydrogens is 188 g/mol. The number of hydrogen-bond donors (Lipinski definition) is 0. The van der Waals surface area contributed by atoms with Gasteiger partial charge in [0.2, 0.25) is 0 Å². The predicted molar refractivity (Wildman–Crippen MR) is 60.2 cm³/mol. The Labute approximate surface area is 89.5 Å². The summed E-state index contributed by atoms with van der Waals surface area (Å²) in [6.45, 7) is 4.07. The number of furan rings is 1. The number of benzene rings is 1. The molecule has 2 aromatic rings. The number of aryl methyl sites for hydroxylation is 2. The lowest BCUT2D eigenvalue weighted by molar-refractivity contribution is 0.414. The molecule has 0 unspecified atom stereocenters. The van der Waals surface area contributed by atoms with Crippen molar-refractivity contribution in [3.8, 4) is 17.1 Å². The molecule has 0 aliphatic carbocycles. The highest BCUT2D eigenvalue weighted by atomic mass is 16.5. The SMILES string of the molecule is COc1cc(C)ccc1-c1occc1C. The van der Waals surface area contributed by atoms with Crippen LogP contribution in [0.2, 0.25) is 0 Å². The smallest absolute Gasteiger partial charge is 0.140 e. The van der Waals surface area contributed by atoms with Gasteiger partial charge in [-0.25, -0.2) is 0 Å². The molecule has 0 N–H and O–H groups in total. The summed E-state index contributed by atoms with van der Waals surface area (Å²) < 4.78 is 10.8. The van der Waals surface area contributed by atoms with E-state index < -0.39 is 0 Å². The van der Waals surface area contributed by atoms with E-state index in [9.17, 15) is 0 Å². The van der Waals surface area contributed by atoms with E-state index in [-0.39, 0.29) is 0 Å². The van der Waals surface area contributed by atoms with Crippen molar-refractivity contribution in [2.75, 3.05) is 7.11 Å². The van der Waals surface area contributed by atoms with Crippen LogP contribution in [-0.2, 0) is 0 Å². The van der Waals surface area contributed by atoms with Crippen LogP contribution in [0, 0.1) is 13.8 Å². The maximum atomic E-state index is 5.45. The average molecular weight is 202 g/mol. The zero-order valence-electron chi connectivity index (χ0n) is 9.20. The van der Waals surface area contributed by atoms with Crippen molar-refractivity contribution >= 4 is 0 Å². The molecule has 1 aromatic heterocycles. The van der Waals surface area contributed by atoms with E-state index in [0.29, 0.717) is 0 Å². The van der Waals surface area contributed by atoms with Gasteiger partial charge in [0.25, 0.3) is 0 Å². The van der Waals surface area contributed by atoms with E-state index in [4.69, 9.17) is 9.15 Å². The Morgan fingerprint density at radius 3 is 2.53 bits per heavy atom. The van der Waals surface area contributed by atoms with Crippen LogP contribution in [0.5, 0.6) is 5.75 Å². The Morgan fingerprint density at radius 2 is 1.93 bits per heavy atom. The van der Waals surface area contributed by atoms with Crippen molar-refractivity contribution in [2.24, 2.45) is 0 Å². The molecule has 0 aliphatic heterocycles. The normalized spacial score (nSPS) is 10.3. The molecular formula is C13H14O2. The minimum atomic E-state index is 0.855. The molecule has 0 bridgehead atoms. The molecule has 2 nitrogen and oxygen atoms in total. The van der Waals surface area contributed by atoms with Gasteiger partial charge in [0, 0.05) is 0 Å². The summed E-state index contributed by atoms with van der Waals surface area (Å²) in [5.41, 5.74) is 3.31. The molecule has 1 heterocycles. The molecule has 0 spiro atoms. The molecule has 0 saturated heterocycles. The lowest BCUT2D eigenvalue weighted by Gasteiger charge is -2.07. The molecule has 2 rings (SSSR count). The first-order valence-electron chi connectivity index (χ1n) is 4.91. The average Bonchev–Trinajstić information content (AvgIpc) is 2.64. The van der Waals surface area contributed by atoms with Crippen molar-refractivity contribution in [1.82, 2.24) is 0 Å². The van der Waals surface area contributed by atoms with Gasteiger partial charge in [-0.2, -0.15) is 0 Å². The first kappa shape index (κ1) is 9.84. The Balaban J connectivity index is 2.58. The molecule has 1 aromatic carbocycles. The third-order valence-corrected chi connectivity index (χ3v) is 2.46. The second kappa shape index (κ2) is 3.81. The van der Waals surface area contributed by atoms with E-state index in [2.05, 4.69) is 6.07 Å². The van der Waals surface area contributed by atoms with Gasteiger partial charge in [0.05, 0.1) is 18.9 Å². The van der Waals surface area contributed by atoms with Crippen molar-refractivity contribution in [3.63, 3.8) is 0 Å². The van der Waals surface area contributed by atoms with Crippen LogP contribution in [0.4, 0.5) is 0 Å². The van der Waals surface area contributed by atoms with E-state index in [1.165, 1.54) is 5.56 Å². The van der Waals surface area contributed by atoms with Crippen LogP contribution >= 0.6 is 0 Å². The molecule has 15 heavy (non-hydrogen) atoms. The fraction of sp³-hybridized carbons (Fsp3) is 0.231. The van der Waals surface area contributed by atoms with Gasteiger partial charge in [0.15, 0.2) is 0 Å². The summed E-state index contributed by atoms with van der Waals surface area (Å²) in [4.78, 5) is 0. The standard InChI is InChI=1S/C13H14O2/c1-9-4-5-11(12(8-9)14-3)13-10(2)6-7-15-13/h4-8H,1-3H3. The largest absolute Gasteiger partial charge is 0.496 e. The maximum Gasteiger partial charge on any atom is 0.140 e. The highest BCUT2D eigenvalue weighted by Gasteiger charge is 2.10. The molecule has 0 fully saturated rings. The predicted octanol–water partition coefficient (Wildman–Crippen LogP) is 3.57. The number of methoxy groups -OCH3 is 1. The summed E-state index contributed by atoms with van der Waals surface area (Å²) in [5, 5.41) is 0. The third kappa shape index (κ3) is 1.75. The fourth-order valence-corrected chi connectivity index (χ4v) is 1.63. The number of rotatable bonds is 2. The van der Waals surface area contributed by atoms with Crippen LogP contribution in [0.3, 0.4) is 0 Å². The van der Waals surface area contributed by atoms with Crippen LogP contribution in [0.1, 0.15) is 11.1 Å². The quantitative estimate of drug-likeness (QED) is 0.742. The maximum absolute atomic E-state index is 5.45. The van der Waals surface area contributed by atoms with Gasteiger partial charge in [-0.1, -0.05) is 6.07 Å². The monoisotopic (exact) mass is 202 g/mol. The van der Waals surface area contributed by atoms with Crippen LogP contribution in [0.25, 0.3) is 11.3 Å². The van der Waals surface area contributed by atoms with E-state index in [0.717, 1.165) is 22.6 Å². The minimum absolute atomic E-state index is 0.855. The zero-order valence-corrected chi connectivity index (χ0v) is 9.20. The molecule has 0 radical (unpaired) electrons. The topological polar surface area (TPSA) is 22.4 Å². The summed E-state index contributed by atoms with van der Waals surface area (Å²) in [6, 6.07) is 8.05.